The van der Waals surface area contributed by atoms with Gasteiger partial charge in [-0.3, -0.25) is 0 Å². The van der Waals surface area contributed by atoms with Gasteiger partial charge in [-0.1, -0.05) is 11.6 Å². The smallest absolute Gasteiger partial charge is 0.123 e. The van der Waals surface area contributed by atoms with Gasteiger partial charge in [0.2, 0.25) is 0 Å². The Balaban J connectivity index is 2.19. The molecule has 15 heavy (non-hydrogen) atoms. The average Bonchev–Trinajstić information content (AvgIpc) is 2.59. The normalized spacial score (nSPS) is 25.8. The summed E-state index contributed by atoms with van der Waals surface area (Å²) in [5.74, 6) is -0.336. The molecule has 0 saturated carbocycles. The Morgan fingerprint density at radius 3 is 3.00 bits per heavy atom. The Kier molecular flexibility index (Phi) is 2.96. The maximum Gasteiger partial charge on any atom is 0.123 e. The number of rotatable bonds is 2. The van der Waals surface area contributed by atoms with Gasteiger partial charge in [0.05, 0.1) is 12.2 Å². The van der Waals surface area contributed by atoms with Gasteiger partial charge >= 0.3 is 0 Å². The topological polar surface area (TPSA) is 29.5 Å². The Labute approximate surface area is 92.6 Å². The number of ether oxygens (including phenoxy) is 1. The zero-order valence-corrected chi connectivity index (χ0v) is 8.93. The number of aliphatic hydroxyl groups is 1. The molecule has 1 heterocycles. The van der Waals surface area contributed by atoms with Crippen LogP contribution in [0, 0.1) is 5.82 Å². The summed E-state index contributed by atoms with van der Waals surface area (Å²) in [7, 11) is 0. The van der Waals surface area contributed by atoms with Crippen molar-refractivity contribution < 1.29 is 14.2 Å². The number of hydrogen-bond donors (Lipinski definition) is 1. The third-order valence-corrected chi connectivity index (χ3v) is 2.98. The molecule has 2 rings (SSSR count). The Morgan fingerprint density at radius 2 is 2.33 bits per heavy atom. The second-order valence-corrected chi connectivity index (χ2v) is 4.35. The average molecular weight is 231 g/mol. The second-order valence-electron chi connectivity index (χ2n) is 3.94. The molecule has 1 unspecified atom stereocenters. The van der Waals surface area contributed by atoms with E-state index in [1.807, 2.05) is 0 Å². The molecule has 0 radical (unpaired) electrons. The van der Waals surface area contributed by atoms with E-state index < -0.39 is 5.60 Å². The van der Waals surface area contributed by atoms with Crippen LogP contribution >= 0.6 is 11.6 Å². The molecule has 2 nitrogen and oxygen atoms in total. The highest BCUT2D eigenvalue weighted by atomic mass is 35.5. The van der Waals surface area contributed by atoms with E-state index >= 15 is 0 Å². The Morgan fingerprint density at radius 1 is 1.53 bits per heavy atom. The minimum absolute atomic E-state index is 0.292. The van der Waals surface area contributed by atoms with Crippen molar-refractivity contribution >= 4 is 11.6 Å². The van der Waals surface area contributed by atoms with Gasteiger partial charge in [0.25, 0.3) is 0 Å². The minimum atomic E-state index is -0.891. The van der Waals surface area contributed by atoms with Gasteiger partial charge in [0.1, 0.15) is 5.82 Å². The van der Waals surface area contributed by atoms with Crippen LogP contribution in [-0.2, 0) is 11.2 Å². The summed E-state index contributed by atoms with van der Waals surface area (Å²) in [6, 6.07) is 4.17. The molecule has 1 aromatic rings. The van der Waals surface area contributed by atoms with Crippen LogP contribution in [0.2, 0.25) is 5.02 Å². The molecule has 0 spiro atoms. The molecule has 1 N–H and O–H groups in total. The summed E-state index contributed by atoms with van der Waals surface area (Å²) in [5, 5.41) is 10.5. The summed E-state index contributed by atoms with van der Waals surface area (Å²) in [5.41, 5.74) is -0.262. The number of halogens is 2. The van der Waals surface area contributed by atoms with Gasteiger partial charge in [-0.05, 0) is 23.8 Å². The molecule has 1 atom stereocenters. The van der Waals surface area contributed by atoms with Crippen molar-refractivity contribution in [1.82, 2.24) is 0 Å². The van der Waals surface area contributed by atoms with Gasteiger partial charge in [-0.15, -0.1) is 0 Å². The maximum absolute atomic E-state index is 13.0. The van der Waals surface area contributed by atoms with Crippen molar-refractivity contribution in [3.8, 4) is 0 Å². The van der Waals surface area contributed by atoms with Gasteiger partial charge in [0.15, 0.2) is 0 Å². The summed E-state index contributed by atoms with van der Waals surface area (Å²) < 4.78 is 18.1. The lowest BCUT2D eigenvalue weighted by molar-refractivity contribution is 0.0270. The van der Waals surface area contributed by atoms with Crippen molar-refractivity contribution in [3.63, 3.8) is 0 Å². The molecule has 4 heteroatoms. The first kappa shape index (κ1) is 10.9. The first-order valence-corrected chi connectivity index (χ1v) is 5.21. The van der Waals surface area contributed by atoms with E-state index in [1.54, 1.807) is 0 Å². The van der Waals surface area contributed by atoms with E-state index in [0.29, 0.717) is 36.6 Å². The zero-order valence-electron chi connectivity index (χ0n) is 8.17. The highest BCUT2D eigenvalue weighted by Crippen LogP contribution is 2.27. The van der Waals surface area contributed by atoms with Crippen molar-refractivity contribution in [2.24, 2.45) is 0 Å². The van der Waals surface area contributed by atoms with Gasteiger partial charge in [-0.25, -0.2) is 4.39 Å². The lowest BCUT2D eigenvalue weighted by Gasteiger charge is -2.20. The molecular formula is C11H12ClFO2. The van der Waals surface area contributed by atoms with Gasteiger partial charge < -0.3 is 9.84 Å². The van der Waals surface area contributed by atoms with Crippen molar-refractivity contribution in [1.29, 1.82) is 0 Å². The van der Waals surface area contributed by atoms with Crippen LogP contribution in [0.1, 0.15) is 12.0 Å². The highest BCUT2D eigenvalue weighted by Gasteiger charge is 2.32. The van der Waals surface area contributed by atoms with E-state index in [0.717, 1.165) is 0 Å². The summed E-state index contributed by atoms with van der Waals surface area (Å²) in [6.07, 6.45) is 0.906. The monoisotopic (exact) mass is 230 g/mol. The zero-order chi connectivity index (χ0) is 10.9. The molecule has 0 bridgehead atoms. The Bertz CT molecular complexity index is 362. The van der Waals surface area contributed by atoms with Crippen LogP contribution in [-0.4, -0.2) is 23.9 Å². The van der Waals surface area contributed by atoms with Crippen molar-refractivity contribution in [2.45, 2.75) is 18.4 Å². The molecule has 82 valence electrons. The number of hydrogen-bond acceptors (Lipinski definition) is 2. The first-order chi connectivity index (χ1) is 7.09. The van der Waals surface area contributed by atoms with Crippen LogP contribution in [0.3, 0.4) is 0 Å². The first-order valence-electron chi connectivity index (χ1n) is 4.83. The van der Waals surface area contributed by atoms with E-state index in [9.17, 15) is 9.50 Å². The highest BCUT2D eigenvalue weighted by molar-refractivity contribution is 6.31. The molecule has 0 amide bonds. The predicted molar refractivity (Wildman–Crippen MR) is 55.5 cm³/mol. The standard InChI is InChI=1S/C11H12ClFO2/c12-10-2-1-9(13)5-8(10)6-11(14)3-4-15-7-11/h1-2,5,14H,3-4,6-7H2. The van der Waals surface area contributed by atoms with Gasteiger partial charge in [0, 0.05) is 24.5 Å². The molecule has 0 aliphatic carbocycles. The fourth-order valence-corrected chi connectivity index (χ4v) is 1.95. The fraction of sp³-hybridized carbons (Fsp3) is 0.455. The largest absolute Gasteiger partial charge is 0.387 e. The molecule has 1 aliphatic heterocycles. The fourth-order valence-electron chi connectivity index (χ4n) is 1.77. The van der Waals surface area contributed by atoms with E-state index in [4.69, 9.17) is 16.3 Å². The lowest BCUT2D eigenvalue weighted by atomic mass is 9.94. The minimum Gasteiger partial charge on any atom is -0.387 e. The number of benzene rings is 1. The summed E-state index contributed by atoms with van der Waals surface area (Å²) in [4.78, 5) is 0. The third kappa shape index (κ3) is 2.48. The van der Waals surface area contributed by atoms with Crippen molar-refractivity contribution in [2.75, 3.05) is 13.2 Å². The van der Waals surface area contributed by atoms with E-state index in [-0.39, 0.29) is 5.82 Å². The van der Waals surface area contributed by atoms with Crippen LogP contribution in [0.4, 0.5) is 4.39 Å². The second kappa shape index (κ2) is 4.08. The quantitative estimate of drug-likeness (QED) is 0.844. The Hall–Kier alpha value is -0.640. The molecule has 1 fully saturated rings. The molecular weight excluding hydrogens is 219 g/mol. The van der Waals surface area contributed by atoms with Crippen LogP contribution in [0.15, 0.2) is 18.2 Å². The summed E-state index contributed by atoms with van der Waals surface area (Å²) in [6.45, 7) is 0.837. The van der Waals surface area contributed by atoms with Crippen LogP contribution in [0.5, 0.6) is 0 Å². The lowest BCUT2D eigenvalue weighted by Crippen LogP contribution is -2.31. The maximum atomic E-state index is 13.0. The van der Waals surface area contributed by atoms with E-state index in [1.165, 1.54) is 18.2 Å². The molecule has 1 saturated heterocycles. The van der Waals surface area contributed by atoms with Gasteiger partial charge in [-0.2, -0.15) is 0 Å². The molecule has 1 aliphatic rings. The van der Waals surface area contributed by atoms with Crippen LogP contribution in [0.25, 0.3) is 0 Å². The third-order valence-electron chi connectivity index (χ3n) is 2.61. The molecule has 1 aromatic carbocycles. The van der Waals surface area contributed by atoms with Crippen molar-refractivity contribution in [3.05, 3.63) is 34.6 Å². The SMILES string of the molecule is OC1(Cc2cc(F)ccc2Cl)CCOC1. The van der Waals surface area contributed by atoms with E-state index in [2.05, 4.69) is 0 Å². The van der Waals surface area contributed by atoms with Crippen LogP contribution < -0.4 is 0 Å². The predicted octanol–water partition coefficient (Wildman–Crippen LogP) is 2.17. The summed E-state index contributed by atoms with van der Waals surface area (Å²) >= 11 is 5.92. The molecule has 0 aromatic heterocycles.